The molecule has 0 aliphatic carbocycles. The minimum absolute atomic E-state index is 0.00200. The molecular weight excluding hydrogens is 288 g/mol. The molecule has 7 heteroatoms. The van der Waals surface area contributed by atoms with Gasteiger partial charge in [-0.2, -0.15) is 0 Å². The second-order valence-electron chi connectivity index (χ2n) is 5.51. The van der Waals surface area contributed by atoms with Crippen molar-refractivity contribution < 1.29 is 8.42 Å². The molecule has 0 radical (unpaired) electrons. The largest absolute Gasteiger partial charge is 0.396 e. The van der Waals surface area contributed by atoms with E-state index in [-0.39, 0.29) is 10.6 Å². The van der Waals surface area contributed by atoms with E-state index in [1.807, 2.05) is 13.1 Å². The molecule has 118 valence electrons. The van der Waals surface area contributed by atoms with Crippen molar-refractivity contribution in [1.82, 2.24) is 4.90 Å². The molecule has 0 saturated carbocycles. The predicted molar refractivity (Wildman–Crippen MR) is 85.8 cm³/mol. The van der Waals surface area contributed by atoms with Crippen molar-refractivity contribution in [3.63, 3.8) is 0 Å². The molecular formula is C14H24N4O2S. The Morgan fingerprint density at radius 3 is 2.48 bits per heavy atom. The van der Waals surface area contributed by atoms with Gasteiger partial charge in [0.2, 0.25) is 10.0 Å². The summed E-state index contributed by atoms with van der Waals surface area (Å²) < 4.78 is 23.1. The van der Waals surface area contributed by atoms with Crippen molar-refractivity contribution >= 4 is 21.4 Å². The molecule has 1 aliphatic heterocycles. The fraction of sp³-hybridized carbons (Fsp3) is 0.571. The zero-order valence-corrected chi connectivity index (χ0v) is 13.4. The number of anilines is 2. The maximum absolute atomic E-state index is 11.6. The van der Waals surface area contributed by atoms with E-state index in [2.05, 4.69) is 16.7 Å². The van der Waals surface area contributed by atoms with Gasteiger partial charge < -0.3 is 15.5 Å². The van der Waals surface area contributed by atoms with Gasteiger partial charge in [0.1, 0.15) is 4.90 Å². The van der Waals surface area contributed by atoms with E-state index in [1.54, 1.807) is 6.07 Å². The summed E-state index contributed by atoms with van der Waals surface area (Å²) in [6.07, 6.45) is 2.09. The van der Waals surface area contributed by atoms with Crippen LogP contribution in [-0.4, -0.2) is 46.0 Å². The first-order valence-corrected chi connectivity index (χ1v) is 8.75. The highest BCUT2D eigenvalue weighted by atomic mass is 32.2. The van der Waals surface area contributed by atoms with Crippen molar-refractivity contribution in [2.45, 2.75) is 30.7 Å². The SMILES string of the molecule is CCN1CCC(N(C)c2cccc(S(N)(=O)=O)c2N)CC1. The highest BCUT2D eigenvalue weighted by Crippen LogP contribution is 2.31. The number of nitrogen functional groups attached to an aromatic ring is 1. The van der Waals surface area contributed by atoms with E-state index in [9.17, 15) is 8.42 Å². The van der Waals surface area contributed by atoms with Gasteiger partial charge in [-0.3, -0.25) is 0 Å². The second-order valence-corrected chi connectivity index (χ2v) is 7.04. The van der Waals surface area contributed by atoms with Crippen LogP contribution in [0.4, 0.5) is 11.4 Å². The van der Waals surface area contributed by atoms with Crippen molar-refractivity contribution in [2.75, 3.05) is 37.3 Å². The summed E-state index contributed by atoms with van der Waals surface area (Å²) in [7, 11) is -1.83. The molecule has 21 heavy (non-hydrogen) atoms. The zero-order valence-electron chi connectivity index (χ0n) is 12.6. The summed E-state index contributed by atoms with van der Waals surface area (Å²) in [5.74, 6) is 0. The Balaban J connectivity index is 2.22. The van der Waals surface area contributed by atoms with E-state index in [0.29, 0.717) is 6.04 Å². The van der Waals surface area contributed by atoms with Crippen LogP contribution in [-0.2, 0) is 10.0 Å². The van der Waals surface area contributed by atoms with E-state index in [1.165, 1.54) is 6.07 Å². The van der Waals surface area contributed by atoms with Gasteiger partial charge in [0.05, 0.1) is 11.4 Å². The van der Waals surface area contributed by atoms with Crippen LogP contribution in [0.15, 0.2) is 23.1 Å². The van der Waals surface area contributed by atoms with Crippen LogP contribution in [0.5, 0.6) is 0 Å². The molecule has 1 saturated heterocycles. The smallest absolute Gasteiger partial charge is 0.240 e. The zero-order chi connectivity index (χ0) is 15.6. The van der Waals surface area contributed by atoms with E-state index in [4.69, 9.17) is 10.9 Å². The minimum atomic E-state index is -3.79. The van der Waals surface area contributed by atoms with Crippen molar-refractivity contribution in [1.29, 1.82) is 0 Å². The third-order valence-electron chi connectivity index (χ3n) is 4.28. The highest BCUT2D eigenvalue weighted by molar-refractivity contribution is 7.89. The number of benzene rings is 1. The first kappa shape index (κ1) is 16.1. The lowest BCUT2D eigenvalue weighted by Gasteiger charge is -2.38. The number of likely N-dealkylation sites (tertiary alicyclic amines) is 1. The van der Waals surface area contributed by atoms with Crippen molar-refractivity contribution in [3.8, 4) is 0 Å². The third-order valence-corrected chi connectivity index (χ3v) is 5.25. The molecule has 2 rings (SSSR count). The lowest BCUT2D eigenvalue weighted by atomic mass is 10.0. The number of nitrogens with two attached hydrogens (primary N) is 2. The van der Waals surface area contributed by atoms with Crippen LogP contribution < -0.4 is 15.8 Å². The monoisotopic (exact) mass is 312 g/mol. The van der Waals surface area contributed by atoms with E-state index in [0.717, 1.165) is 38.2 Å². The summed E-state index contributed by atoms with van der Waals surface area (Å²) in [6, 6.07) is 5.34. The minimum Gasteiger partial charge on any atom is -0.396 e. The highest BCUT2D eigenvalue weighted by Gasteiger charge is 2.24. The Morgan fingerprint density at radius 1 is 1.33 bits per heavy atom. The van der Waals surface area contributed by atoms with Gasteiger partial charge in [-0.1, -0.05) is 13.0 Å². The lowest BCUT2D eigenvalue weighted by Crippen LogP contribution is -2.43. The topological polar surface area (TPSA) is 92.7 Å². The Bertz CT molecular complexity index is 595. The van der Waals surface area contributed by atoms with Crippen molar-refractivity contribution in [3.05, 3.63) is 18.2 Å². The van der Waals surface area contributed by atoms with Gasteiger partial charge in [0, 0.05) is 26.2 Å². The maximum atomic E-state index is 11.6. The molecule has 0 unspecified atom stereocenters. The quantitative estimate of drug-likeness (QED) is 0.804. The van der Waals surface area contributed by atoms with Gasteiger partial charge in [0.15, 0.2) is 0 Å². The first-order valence-electron chi connectivity index (χ1n) is 7.21. The average Bonchev–Trinajstić information content (AvgIpc) is 2.45. The summed E-state index contributed by atoms with van der Waals surface area (Å²) in [6.45, 7) is 5.34. The van der Waals surface area contributed by atoms with Gasteiger partial charge in [-0.05, 0) is 31.5 Å². The Hall–Kier alpha value is -1.31. The van der Waals surface area contributed by atoms with Crippen LogP contribution in [0.1, 0.15) is 19.8 Å². The van der Waals surface area contributed by atoms with Crippen molar-refractivity contribution in [2.24, 2.45) is 5.14 Å². The van der Waals surface area contributed by atoms with Gasteiger partial charge >= 0.3 is 0 Å². The van der Waals surface area contributed by atoms with Crippen LogP contribution in [0.3, 0.4) is 0 Å². The molecule has 1 aliphatic rings. The molecule has 0 aromatic heterocycles. The molecule has 6 nitrogen and oxygen atoms in total. The second kappa shape index (κ2) is 6.21. The van der Waals surface area contributed by atoms with Crippen LogP contribution in [0.2, 0.25) is 0 Å². The number of nitrogens with zero attached hydrogens (tertiary/aromatic N) is 2. The number of rotatable bonds is 4. The number of piperidine rings is 1. The fourth-order valence-electron chi connectivity index (χ4n) is 2.91. The summed E-state index contributed by atoms with van der Waals surface area (Å²) in [4.78, 5) is 4.49. The maximum Gasteiger partial charge on any atom is 0.240 e. The standard InChI is InChI=1S/C14H24N4O2S/c1-3-18-9-7-11(8-10-18)17(2)12-5-4-6-13(14(12)15)21(16,19)20/h4-6,11H,3,7-10,15H2,1-2H3,(H2,16,19,20). The molecule has 1 aromatic rings. The van der Waals surface area contributed by atoms with E-state index >= 15 is 0 Å². The van der Waals surface area contributed by atoms with Gasteiger partial charge in [-0.25, -0.2) is 13.6 Å². The third kappa shape index (κ3) is 3.48. The number of primary sulfonamides is 1. The number of hydrogen-bond donors (Lipinski definition) is 2. The summed E-state index contributed by atoms with van der Waals surface area (Å²) >= 11 is 0. The van der Waals surface area contributed by atoms with Crippen LogP contribution in [0.25, 0.3) is 0 Å². The molecule has 4 N–H and O–H groups in total. The summed E-state index contributed by atoms with van der Waals surface area (Å²) in [5.41, 5.74) is 6.99. The molecule has 1 fully saturated rings. The Kier molecular flexibility index (Phi) is 4.75. The van der Waals surface area contributed by atoms with Crippen LogP contribution >= 0.6 is 0 Å². The van der Waals surface area contributed by atoms with Crippen LogP contribution in [0, 0.1) is 0 Å². The molecule has 0 spiro atoms. The number of para-hydroxylation sites is 1. The number of sulfonamides is 1. The number of hydrogen-bond acceptors (Lipinski definition) is 5. The molecule has 1 aromatic carbocycles. The fourth-order valence-corrected chi connectivity index (χ4v) is 3.59. The van der Waals surface area contributed by atoms with Gasteiger partial charge in [0.25, 0.3) is 0 Å². The lowest BCUT2D eigenvalue weighted by molar-refractivity contribution is 0.221. The van der Waals surface area contributed by atoms with E-state index < -0.39 is 10.0 Å². The average molecular weight is 312 g/mol. The predicted octanol–water partition coefficient (Wildman–Crippen LogP) is 0.837. The normalized spacial score (nSPS) is 17.9. The Labute approximate surface area is 126 Å². The molecule has 1 heterocycles. The molecule has 0 bridgehead atoms. The summed E-state index contributed by atoms with van der Waals surface area (Å²) in [5, 5.41) is 5.21. The van der Waals surface area contributed by atoms with Gasteiger partial charge in [-0.15, -0.1) is 0 Å². The molecule has 0 amide bonds. The first-order chi connectivity index (χ1) is 9.84. The molecule has 0 atom stereocenters. The Morgan fingerprint density at radius 2 is 1.95 bits per heavy atom.